The van der Waals surface area contributed by atoms with Crippen molar-refractivity contribution in [3.05, 3.63) is 40.9 Å². The largest absolute Gasteiger partial charge is 0.363 e. The molecule has 0 N–H and O–H groups in total. The summed E-state index contributed by atoms with van der Waals surface area (Å²) in [5.74, 6) is 0. The number of anilines is 1. The summed E-state index contributed by atoms with van der Waals surface area (Å²) < 4.78 is 1.04. The van der Waals surface area contributed by atoms with Gasteiger partial charge >= 0.3 is 0 Å². The van der Waals surface area contributed by atoms with Gasteiger partial charge in [-0.05, 0) is 25.0 Å². The lowest BCUT2D eigenvalue weighted by Crippen LogP contribution is -2.30. The average Bonchev–Trinajstić information content (AvgIpc) is 2.43. The van der Waals surface area contributed by atoms with Gasteiger partial charge in [-0.25, -0.2) is 0 Å². The maximum Gasteiger partial charge on any atom is 0.0492 e. The molecule has 0 amide bonds. The fraction of sp³-hybridized carbons (Fsp3) is 0.333. The van der Waals surface area contributed by atoms with E-state index in [1.54, 1.807) is 0 Å². The number of nitrogens with zero attached hydrogens (tertiary/aromatic N) is 1. The molecule has 14 heavy (non-hydrogen) atoms. The minimum Gasteiger partial charge on any atom is -0.363 e. The first-order valence-corrected chi connectivity index (χ1v) is 5.65. The van der Waals surface area contributed by atoms with E-state index in [-0.39, 0.29) is 0 Å². The highest BCUT2D eigenvalue weighted by molar-refractivity contribution is 9.11. The molecule has 1 heterocycles. The lowest BCUT2D eigenvalue weighted by molar-refractivity contribution is 0.705. The van der Waals surface area contributed by atoms with Crippen molar-refractivity contribution in [3.63, 3.8) is 0 Å². The van der Waals surface area contributed by atoms with Crippen LogP contribution in [0.3, 0.4) is 0 Å². The monoisotopic (exact) mass is 251 g/mol. The number of para-hydroxylation sites is 1. The van der Waals surface area contributed by atoms with Crippen LogP contribution < -0.4 is 4.90 Å². The van der Waals surface area contributed by atoms with Crippen LogP contribution in [-0.2, 0) is 6.42 Å². The van der Waals surface area contributed by atoms with Crippen molar-refractivity contribution in [2.75, 3.05) is 11.4 Å². The highest BCUT2D eigenvalue weighted by Gasteiger charge is 2.24. The lowest BCUT2D eigenvalue weighted by Gasteiger charge is -2.24. The Morgan fingerprint density at radius 1 is 1.57 bits per heavy atom. The second kappa shape index (κ2) is 3.77. The van der Waals surface area contributed by atoms with Gasteiger partial charge in [0.25, 0.3) is 0 Å². The highest BCUT2D eigenvalue weighted by Crippen LogP contribution is 2.32. The topological polar surface area (TPSA) is 3.24 Å². The molecule has 0 bridgehead atoms. The Hall–Kier alpha value is -0.760. The summed E-state index contributed by atoms with van der Waals surface area (Å²) in [5, 5.41) is 0. The van der Waals surface area contributed by atoms with Crippen LogP contribution >= 0.6 is 15.9 Å². The van der Waals surface area contributed by atoms with Crippen LogP contribution in [0.25, 0.3) is 0 Å². The molecule has 0 aromatic heterocycles. The molecule has 0 radical (unpaired) electrons. The van der Waals surface area contributed by atoms with E-state index in [1.165, 1.54) is 11.3 Å². The summed E-state index contributed by atoms with van der Waals surface area (Å²) in [6.45, 7) is 7.06. The van der Waals surface area contributed by atoms with E-state index in [9.17, 15) is 0 Å². The maximum atomic E-state index is 3.90. The van der Waals surface area contributed by atoms with Crippen LogP contribution in [0.2, 0.25) is 0 Å². The highest BCUT2D eigenvalue weighted by atomic mass is 79.9. The summed E-state index contributed by atoms with van der Waals surface area (Å²) >= 11 is 3.43. The van der Waals surface area contributed by atoms with Crippen molar-refractivity contribution in [3.8, 4) is 0 Å². The number of fused-ring (bicyclic) bond motifs is 1. The molecule has 2 rings (SSSR count). The molecule has 1 aromatic carbocycles. The van der Waals surface area contributed by atoms with Crippen LogP contribution in [0, 0.1) is 0 Å². The first kappa shape index (κ1) is 9.78. The molecule has 1 unspecified atom stereocenters. The van der Waals surface area contributed by atoms with Crippen LogP contribution in [0.5, 0.6) is 0 Å². The molecule has 0 fully saturated rings. The van der Waals surface area contributed by atoms with Gasteiger partial charge in [-0.1, -0.05) is 40.7 Å². The standard InChI is InChI=1S/C12H14BrN/c1-9(13)8-14-10(2)7-11-5-3-4-6-12(11)14/h3-6,10H,1,7-8H2,2H3. The summed E-state index contributed by atoms with van der Waals surface area (Å²) in [5.41, 5.74) is 2.81. The number of halogens is 1. The number of benzene rings is 1. The molecular weight excluding hydrogens is 238 g/mol. The van der Waals surface area contributed by atoms with Crippen molar-refractivity contribution >= 4 is 21.6 Å². The van der Waals surface area contributed by atoms with E-state index in [2.05, 4.69) is 58.6 Å². The summed E-state index contributed by atoms with van der Waals surface area (Å²) in [7, 11) is 0. The van der Waals surface area contributed by atoms with E-state index in [0.29, 0.717) is 6.04 Å². The molecule has 0 aliphatic carbocycles. The fourth-order valence-electron chi connectivity index (χ4n) is 2.06. The molecule has 2 heteroatoms. The van der Waals surface area contributed by atoms with Gasteiger partial charge < -0.3 is 4.90 Å². The predicted octanol–water partition coefficient (Wildman–Crippen LogP) is 3.35. The molecule has 0 spiro atoms. The van der Waals surface area contributed by atoms with Gasteiger partial charge in [0.1, 0.15) is 0 Å². The lowest BCUT2D eigenvalue weighted by atomic mass is 10.1. The summed E-state index contributed by atoms with van der Waals surface area (Å²) in [6.07, 6.45) is 1.15. The number of hydrogen-bond acceptors (Lipinski definition) is 1. The van der Waals surface area contributed by atoms with E-state index in [0.717, 1.165) is 17.4 Å². The zero-order chi connectivity index (χ0) is 10.1. The smallest absolute Gasteiger partial charge is 0.0492 e. The van der Waals surface area contributed by atoms with Crippen molar-refractivity contribution in [1.29, 1.82) is 0 Å². The molecule has 1 atom stereocenters. The summed E-state index contributed by atoms with van der Waals surface area (Å²) in [6, 6.07) is 9.19. The van der Waals surface area contributed by atoms with Gasteiger partial charge in [0.15, 0.2) is 0 Å². The van der Waals surface area contributed by atoms with Crippen molar-refractivity contribution in [2.24, 2.45) is 0 Å². The van der Waals surface area contributed by atoms with E-state index in [1.807, 2.05) is 0 Å². The fourth-order valence-corrected chi connectivity index (χ4v) is 2.33. The molecule has 1 aliphatic rings. The third-order valence-corrected chi connectivity index (χ3v) is 2.94. The maximum absolute atomic E-state index is 3.90. The van der Waals surface area contributed by atoms with E-state index in [4.69, 9.17) is 0 Å². The van der Waals surface area contributed by atoms with Crippen molar-refractivity contribution < 1.29 is 0 Å². The van der Waals surface area contributed by atoms with Gasteiger partial charge in [-0.2, -0.15) is 0 Å². The van der Waals surface area contributed by atoms with Gasteiger partial charge in [-0.3, -0.25) is 0 Å². The Morgan fingerprint density at radius 3 is 3.00 bits per heavy atom. The van der Waals surface area contributed by atoms with E-state index < -0.39 is 0 Å². The molecule has 0 saturated carbocycles. The molecular formula is C12H14BrN. The zero-order valence-corrected chi connectivity index (χ0v) is 9.92. The SMILES string of the molecule is C=C(Br)CN1c2ccccc2CC1C. The molecule has 1 nitrogen and oxygen atoms in total. The van der Waals surface area contributed by atoms with Crippen LogP contribution in [0.15, 0.2) is 35.3 Å². The minimum atomic E-state index is 0.585. The van der Waals surface area contributed by atoms with Crippen molar-refractivity contribution in [1.82, 2.24) is 0 Å². The minimum absolute atomic E-state index is 0.585. The molecule has 74 valence electrons. The first-order chi connectivity index (χ1) is 6.68. The molecule has 1 aliphatic heterocycles. The third kappa shape index (κ3) is 1.71. The second-order valence-corrected chi connectivity index (χ2v) is 4.95. The molecule has 0 saturated heterocycles. The normalized spacial score (nSPS) is 19.6. The second-order valence-electron chi connectivity index (χ2n) is 3.83. The number of hydrogen-bond donors (Lipinski definition) is 0. The quantitative estimate of drug-likeness (QED) is 0.780. The van der Waals surface area contributed by atoms with Crippen LogP contribution in [0.4, 0.5) is 5.69 Å². The Morgan fingerprint density at radius 2 is 2.29 bits per heavy atom. The summed E-state index contributed by atoms with van der Waals surface area (Å²) in [4.78, 5) is 2.40. The van der Waals surface area contributed by atoms with E-state index >= 15 is 0 Å². The van der Waals surface area contributed by atoms with Gasteiger partial charge in [0.2, 0.25) is 0 Å². The first-order valence-electron chi connectivity index (χ1n) is 4.86. The molecule has 1 aromatic rings. The van der Waals surface area contributed by atoms with Gasteiger partial charge in [-0.15, -0.1) is 0 Å². The van der Waals surface area contributed by atoms with Gasteiger partial charge in [0.05, 0.1) is 0 Å². The third-order valence-electron chi connectivity index (χ3n) is 2.69. The number of rotatable bonds is 2. The van der Waals surface area contributed by atoms with Crippen LogP contribution in [-0.4, -0.2) is 12.6 Å². The Balaban J connectivity index is 2.30. The Bertz CT molecular complexity index is 359. The zero-order valence-electron chi connectivity index (χ0n) is 8.33. The Kier molecular flexibility index (Phi) is 2.64. The van der Waals surface area contributed by atoms with Gasteiger partial charge in [0, 0.05) is 22.8 Å². The van der Waals surface area contributed by atoms with Crippen molar-refractivity contribution in [2.45, 2.75) is 19.4 Å². The van der Waals surface area contributed by atoms with Crippen LogP contribution in [0.1, 0.15) is 12.5 Å². The Labute approximate surface area is 93.6 Å². The predicted molar refractivity (Wildman–Crippen MR) is 65.0 cm³/mol. The average molecular weight is 252 g/mol.